The molecule has 3 aromatic carbocycles. The third-order valence-electron chi connectivity index (χ3n) is 4.97. The number of carbonyl (C=O) groups excluding carboxylic acids is 1. The maximum absolute atomic E-state index is 13.1. The van der Waals surface area contributed by atoms with Gasteiger partial charge in [-0.2, -0.15) is 0 Å². The fourth-order valence-electron chi connectivity index (χ4n) is 3.42. The van der Waals surface area contributed by atoms with Crippen LogP contribution in [-0.2, 0) is 14.8 Å². The van der Waals surface area contributed by atoms with Crippen molar-refractivity contribution >= 4 is 21.6 Å². The van der Waals surface area contributed by atoms with Crippen molar-refractivity contribution in [3.63, 3.8) is 0 Å². The summed E-state index contributed by atoms with van der Waals surface area (Å²) in [5, 5.41) is 3.01. The minimum Gasteiger partial charge on any atom is -0.492 e. The summed E-state index contributed by atoms with van der Waals surface area (Å²) in [6, 6.07) is 23.9. The molecule has 0 aliphatic heterocycles. The van der Waals surface area contributed by atoms with Gasteiger partial charge in [0, 0.05) is 0 Å². The highest BCUT2D eigenvalue weighted by molar-refractivity contribution is 7.92. The Hall–Kier alpha value is -3.32. The molecule has 32 heavy (non-hydrogen) atoms. The lowest BCUT2D eigenvalue weighted by Crippen LogP contribution is -2.42. The minimum absolute atomic E-state index is 0.332. The fraction of sp³-hybridized carbons (Fsp3) is 0.240. The standard InChI is InChI=1S/C25H28N2O4S/c1-4-31-23-13-9-8-12-22(23)27(32(3,29)30)18-24(28)26-25(20-10-6-5-7-11-20)21-16-14-19(2)15-17-21/h5-17,25H,4,18H2,1-3H3,(H,26,28)/t25-/m1/s1. The van der Waals surface area contributed by atoms with Crippen molar-refractivity contribution in [3.05, 3.63) is 95.6 Å². The smallest absolute Gasteiger partial charge is 0.241 e. The Bertz CT molecular complexity index is 1150. The molecule has 0 fully saturated rings. The van der Waals surface area contributed by atoms with E-state index in [1.165, 1.54) is 0 Å². The molecule has 0 unspecified atom stereocenters. The van der Waals surface area contributed by atoms with E-state index in [1.807, 2.05) is 68.4 Å². The number of ether oxygens (including phenoxy) is 1. The molecule has 1 N–H and O–H groups in total. The predicted octanol–water partition coefficient (Wildman–Crippen LogP) is 4.07. The number of para-hydroxylation sites is 2. The second-order valence-electron chi connectivity index (χ2n) is 7.49. The topological polar surface area (TPSA) is 75.7 Å². The van der Waals surface area contributed by atoms with E-state index in [9.17, 15) is 13.2 Å². The molecule has 0 aliphatic rings. The van der Waals surface area contributed by atoms with Gasteiger partial charge in [0.2, 0.25) is 15.9 Å². The van der Waals surface area contributed by atoms with E-state index in [0.717, 1.165) is 27.3 Å². The zero-order chi connectivity index (χ0) is 23.1. The summed E-state index contributed by atoms with van der Waals surface area (Å²) in [5.41, 5.74) is 3.27. The molecule has 0 heterocycles. The van der Waals surface area contributed by atoms with Crippen molar-refractivity contribution < 1.29 is 17.9 Å². The summed E-state index contributed by atoms with van der Waals surface area (Å²) in [4.78, 5) is 13.1. The van der Waals surface area contributed by atoms with Gasteiger partial charge in [-0.05, 0) is 37.1 Å². The zero-order valence-electron chi connectivity index (χ0n) is 18.5. The van der Waals surface area contributed by atoms with E-state index in [2.05, 4.69) is 5.32 Å². The number of benzene rings is 3. The van der Waals surface area contributed by atoms with Crippen LogP contribution >= 0.6 is 0 Å². The van der Waals surface area contributed by atoms with Gasteiger partial charge in [0.05, 0.1) is 24.6 Å². The molecule has 168 valence electrons. The molecule has 1 atom stereocenters. The number of carbonyl (C=O) groups is 1. The number of hydrogen-bond donors (Lipinski definition) is 1. The Morgan fingerprint density at radius 1 is 0.938 bits per heavy atom. The van der Waals surface area contributed by atoms with E-state index in [-0.39, 0.29) is 6.54 Å². The summed E-state index contributed by atoms with van der Waals surface area (Å²) in [7, 11) is -3.73. The van der Waals surface area contributed by atoms with Crippen LogP contribution in [-0.4, -0.2) is 33.7 Å². The second-order valence-corrected chi connectivity index (χ2v) is 9.40. The molecule has 0 radical (unpaired) electrons. The van der Waals surface area contributed by atoms with Gasteiger partial charge in [0.15, 0.2) is 0 Å². The first-order valence-corrected chi connectivity index (χ1v) is 12.2. The first kappa shape index (κ1) is 23.3. The van der Waals surface area contributed by atoms with Crippen molar-refractivity contribution in [2.75, 3.05) is 23.7 Å². The van der Waals surface area contributed by atoms with E-state index >= 15 is 0 Å². The van der Waals surface area contributed by atoms with Crippen LogP contribution in [0.25, 0.3) is 0 Å². The molecule has 3 aromatic rings. The van der Waals surface area contributed by atoms with Gasteiger partial charge < -0.3 is 10.1 Å². The highest BCUT2D eigenvalue weighted by Crippen LogP contribution is 2.30. The van der Waals surface area contributed by atoms with Gasteiger partial charge in [-0.25, -0.2) is 8.42 Å². The highest BCUT2D eigenvalue weighted by Gasteiger charge is 2.25. The number of rotatable bonds is 9. The first-order valence-electron chi connectivity index (χ1n) is 10.4. The van der Waals surface area contributed by atoms with Crippen LogP contribution < -0.4 is 14.4 Å². The second kappa shape index (κ2) is 10.3. The number of hydrogen-bond acceptors (Lipinski definition) is 4. The van der Waals surface area contributed by atoms with Gasteiger partial charge in [-0.1, -0.05) is 72.3 Å². The average Bonchev–Trinajstić information content (AvgIpc) is 2.77. The summed E-state index contributed by atoms with van der Waals surface area (Å²) in [6.45, 7) is 3.84. The van der Waals surface area contributed by atoms with Crippen molar-refractivity contribution in [1.82, 2.24) is 5.32 Å². The summed E-state index contributed by atoms with van der Waals surface area (Å²) < 4.78 is 31.8. The third-order valence-corrected chi connectivity index (χ3v) is 6.10. The Kier molecular flexibility index (Phi) is 7.53. The first-order chi connectivity index (χ1) is 15.3. The molecule has 0 saturated carbocycles. The van der Waals surface area contributed by atoms with Crippen LogP contribution in [0.4, 0.5) is 5.69 Å². The third kappa shape index (κ3) is 5.88. The van der Waals surface area contributed by atoms with E-state index < -0.39 is 22.0 Å². The predicted molar refractivity (Wildman–Crippen MR) is 127 cm³/mol. The number of nitrogens with zero attached hydrogens (tertiary/aromatic N) is 1. The van der Waals surface area contributed by atoms with Crippen LogP contribution in [0.3, 0.4) is 0 Å². The van der Waals surface area contributed by atoms with Crippen molar-refractivity contribution in [3.8, 4) is 5.75 Å². The van der Waals surface area contributed by atoms with Gasteiger partial charge in [0.25, 0.3) is 0 Å². The number of anilines is 1. The lowest BCUT2D eigenvalue weighted by Gasteiger charge is -2.26. The van der Waals surface area contributed by atoms with Crippen molar-refractivity contribution in [1.29, 1.82) is 0 Å². The molecule has 3 rings (SSSR count). The van der Waals surface area contributed by atoms with Crippen molar-refractivity contribution in [2.45, 2.75) is 19.9 Å². The van der Waals surface area contributed by atoms with E-state index in [1.54, 1.807) is 24.3 Å². The largest absolute Gasteiger partial charge is 0.492 e. The maximum Gasteiger partial charge on any atom is 0.241 e. The Morgan fingerprint density at radius 3 is 2.16 bits per heavy atom. The summed E-state index contributed by atoms with van der Waals surface area (Å²) in [6.07, 6.45) is 1.08. The number of amides is 1. The van der Waals surface area contributed by atoms with Crippen LogP contribution in [0.2, 0.25) is 0 Å². The van der Waals surface area contributed by atoms with E-state index in [4.69, 9.17) is 4.74 Å². The molecule has 0 aliphatic carbocycles. The normalized spacial score (nSPS) is 12.1. The Labute approximate surface area is 189 Å². The van der Waals surface area contributed by atoms with Crippen LogP contribution in [0, 0.1) is 6.92 Å². The summed E-state index contributed by atoms with van der Waals surface area (Å²) >= 11 is 0. The number of nitrogens with one attached hydrogen (secondary N) is 1. The molecule has 0 aromatic heterocycles. The quantitative estimate of drug-likeness (QED) is 0.531. The monoisotopic (exact) mass is 452 g/mol. The lowest BCUT2D eigenvalue weighted by molar-refractivity contribution is -0.120. The molecule has 7 heteroatoms. The number of aryl methyl sites for hydroxylation is 1. The van der Waals surface area contributed by atoms with Gasteiger partial charge in [-0.3, -0.25) is 9.10 Å². The zero-order valence-corrected chi connectivity index (χ0v) is 19.3. The van der Waals surface area contributed by atoms with Crippen molar-refractivity contribution in [2.24, 2.45) is 0 Å². The molecule has 0 saturated heterocycles. The SMILES string of the molecule is CCOc1ccccc1N(CC(=O)N[C@H](c1ccccc1)c1ccc(C)cc1)S(C)(=O)=O. The molecule has 0 bridgehead atoms. The molecule has 0 spiro atoms. The fourth-order valence-corrected chi connectivity index (χ4v) is 4.28. The van der Waals surface area contributed by atoms with Crippen LogP contribution in [0.5, 0.6) is 5.75 Å². The average molecular weight is 453 g/mol. The summed E-state index contributed by atoms with van der Waals surface area (Å²) in [5.74, 6) is -0.0116. The van der Waals surface area contributed by atoms with Gasteiger partial charge >= 0.3 is 0 Å². The van der Waals surface area contributed by atoms with Crippen LogP contribution in [0.1, 0.15) is 29.7 Å². The highest BCUT2D eigenvalue weighted by atomic mass is 32.2. The molecular weight excluding hydrogens is 424 g/mol. The number of sulfonamides is 1. The van der Waals surface area contributed by atoms with Gasteiger partial charge in [-0.15, -0.1) is 0 Å². The van der Waals surface area contributed by atoms with Gasteiger partial charge in [0.1, 0.15) is 12.3 Å². The molecule has 6 nitrogen and oxygen atoms in total. The van der Waals surface area contributed by atoms with Crippen LogP contribution in [0.15, 0.2) is 78.9 Å². The lowest BCUT2D eigenvalue weighted by atomic mass is 9.98. The Balaban J connectivity index is 1.91. The minimum atomic E-state index is -3.73. The molecule has 1 amide bonds. The molecular formula is C25H28N2O4S. The Morgan fingerprint density at radius 2 is 1.53 bits per heavy atom. The van der Waals surface area contributed by atoms with E-state index in [0.29, 0.717) is 18.0 Å². The maximum atomic E-state index is 13.1.